The Hall–Kier alpha value is -4.64. The van der Waals surface area contributed by atoms with E-state index in [4.69, 9.17) is 9.47 Å². The van der Waals surface area contributed by atoms with Crippen molar-refractivity contribution >= 4 is 12.4 Å². The number of hydrogen-bond acceptors (Lipinski definition) is 4. The van der Waals surface area contributed by atoms with E-state index in [9.17, 15) is 14.7 Å². The zero-order valence-electron chi connectivity index (χ0n) is 19.9. The molecule has 36 heavy (non-hydrogen) atoms. The van der Waals surface area contributed by atoms with E-state index < -0.39 is 5.97 Å². The Morgan fingerprint density at radius 1 is 0.833 bits per heavy atom. The zero-order valence-corrected chi connectivity index (χ0v) is 19.9. The van der Waals surface area contributed by atoms with Gasteiger partial charge in [0.2, 0.25) is 0 Å². The quantitative estimate of drug-likeness (QED) is 0.193. The smallest absolute Gasteiger partial charge is 0.335 e. The first kappa shape index (κ1) is 24.5. The van der Waals surface area contributed by atoms with E-state index in [0.717, 1.165) is 44.7 Å². The second kappa shape index (κ2) is 11.2. The van der Waals surface area contributed by atoms with Crippen LogP contribution in [0.15, 0.2) is 104 Å². The third-order valence-electron chi connectivity index (χ3n) is 5.97. The molecule has 0 fully saturated rings. The van der Waals surface area contributed by atoms with E-state index in [1.807, 2.05) is 85.8 Å². The fourth-order valence-electron chi connectivity index (χ4n) is 4.00. The zero-order chi connectivity index (χ0) is 25.5. The van der Waals surface area contributed by atoms with E-state index >= 15 is 0 Å². The first-order valence-electron chi connectivity index (χ1n) is 11.5. The number of carbonyl (C=O) groups is 2. The van der Waals surface area contributed by atoms with Gasteiger partial charge in [0.05, 0.1) is 5.56 Å². The molecule has 1 atom stereocenters. The van der Waals surface area contributed by atoms with Crippen molar-refractivity contribution in [2.45, 2.75) is 13.0 Å². The molecule has 1 N–H and O–H groups in total. The number of aromatic carboxylic acids is 1. The molecule has 0 aromatic heterocycles. The fraction of sp³-hybridized carbons (Fsp3) is 0.0968. The van der Waals surface area contributed by atoms with Crippen LogP contribution in [0.25, 0.3) is 33.4 Å². The number of ether oxygens (including phenoxy) is 2. The van der Waals surface area contributed by atoms with E-state index in [0.29, 0.717) is 13.1 Å². The molecule has 1 unspecified atom stereocenters. The first-order chi connectivity index (χ1) is 17.5. The Bertz CT molecular complexity index is 1350. The van der Waals surface area contributed by atoms with E-state index in [-0.39, 0.29) is 11.7 Å². The summed E-state index contributed by atoms with van der Waals surface area (Å²) in [7, 11) is 0. The number of carboxylic acid groups (broad SMARTS) is 1. The van der Waals surface area contributed by atoms with Crippen LogP contribution in [0, 0.1) is 0 Å². The summed E-state index contributed by atoms with van der Waals surface area (Å²) in [6.45, 7) is 6.37. The number of carboxylic acids is 1. The Labute approximate surface area is 210 Å². The summed E-state index contributed by atoms with van der Waals surface area (Å²) >= 11 is 0. The molecule has 0 aliphatic rings. The van der Waals surface area contributed by atoms with Gasteiger partial charge < -0.3 is 14.6 Å². The van der Waals surface area contributed by atoms with Crippen LogP contribution in [-0.4, -0.2) is 24.2 Å². The summed E-state index contributed by atoms with van der Waals surface area (Å²) in [6, 6.07) is 28.7. The molecule has 0 bridgehead atoms. The van der Waals surface area contributed by atoms with Crippen molar-refractivity contribution in [3.8, 4) is 39.1 Å². The second-order valence-electron chi connectivity index (χ2n) is 8.26. The van der Waals surface area contributed by atoms with Gasteiger partial charge in [0, 0.05) is 0 Å². The molecule has 0 spiro atoms. The average Bonchev–Trinajstić information content (AvgIpc) is 2.92. The molecule has 4 aromatic rings. The molecule has 0 aliphatic heterocycles. The summed E-state index contributed by atoms with van der Waals surface area (Å²) < 4.78 is 10.6. The number of hydrogen-bond donors (Lipinski definition) is 1. The summed E-state index contributed by atoms with van der Waals surface area (Å²) in [5, 5.41) is 9.57. The third-order valence-corrected chi connectivity index (χ3v) is 5.97. The molecule has 0 aliphatic carbocycles. The summed E-state index contributed by atoms with van der Waals surface area (Å²) in [5.74, 6) is -0.231. The first-order valence-corrected chi connectivity index (χ1v) is 11.5. The van der Waals surface area contributed by atoms with Gasteiger partial charge in [-0.2, -0.15) is 0 Å². The van der Waals surface area contributed by atoms with Crippen molar-refractivity contribution in [2.75, 3.05) is 6.61 Å². The van der Waals surface area contributed by atoms with Crippen molar-refractivity contribution < 1.29 is 24.2 Å². The second-order valence-corrected chi connectivity index (χ2v) is 8.26. The van der Waals surface area contributed by atoms with Crippen molar-refractivity contribution in [1.82, 2.24) is 0 Å². The average molecular weight is 479 g/mol. The summed E-state index contributed by atoms with van der Waals surface area (Å²) in [5.41, 5.74) is 6.82. The van der Waals surface area contributed by atoms with E-state index in [2.05, 4.69) is 6.58 Å². The van der Waals surface area contributed by atoms with Crippen LogP contribution >= 0.6 is 0 Å². The van der Waals surface area contributed by atoms with Gasteiger partial charge in [-0.1, -0.05) is 79.4 Å². The van der Waals surface area contributed by atoms with Crippen LogP contribution < -0.4 is 4.74 Å². The Balaban J connectivity index is 1.66. The molecule has 4 rings (SSSR count). The van der Waals surface area contributed by atoms with Crippen molar-refractivity contribution in [2.24, 2.45) is 0 Å². The number of carbonyl (C=O) groups excluding carboxylic acids is 1. The maximum absolute atomic E-state index is 11.7. The van der Waals surface area contributed by atoms with Gasteiger partial charge in [0.15, 0.2) is 0 Å². The van der Waals surface area contributed by atoms with Gasteiger partial charge in [-0.15, -0.1) is 0 Å². The van der Waals surface area contributed by atoms with Crippen molar-refractivity contribution in [1.29, 1.82) is 0 Å². The highest BCUT2D eigenvalue weighted by molar-refractivity contribution is 5.93. The molecule has 4 aromatic carbocycles. The molecule has 0 amide bonds. The van der Waals surface area contributed by atoms with Gasteiger partial charge in [-0.25, -0.2) is 4.79 Å². The maximum atomic E-state index is 11.7. The Morgan fingerprint density at radius 3 is 1.97 bits per heavy atom. The topological polar surface area (TPSA) is 72.8 Å². The van der Waals surface area contributed by atoms with Crippen LogP contribution in [0.4, 0.5) is 0 Å². The monoisotopic (exact) mass is 478 g/mol. The van der Waals surface area contributed by atoms with Crippen LogP contribution in [0.5, 0.6) is 5.75 Å². The highest BCUT2D eigenvalue weighted by Gasteiger charge is 2.13. The van der Waals surface area contributed by atoms with Crippen LogP contribution in [0.3, 0.4) is 0 Å². The Kier molecular flexibility index (Phi) is 7.61. The molecule has 5 heteroatoms. The molecule has 180 valence electrons. The summed E-state index contributed by atoms with van der Waals surface area (Å²) in [6.07, 6.45) is 1.39. The molecule has 0 radical (unpaired) electrons. The minimum Gasteiger partial charge on any atom is -0.490 e. The largest absolute Gasteiger partial charge is 0.490 e. The molecule has 0 heterocycles. The number of rotatable bonds is 10. The van der Waals surface area contributed by atoms with Crippen LogP contribution in [-0.2, 0) is 9.53 Å². The normalized spacial score (nSPS) is 11.4. The minimum atomic E-state index is -0.972. The predicted molar refractivity (Wildman–Crippen MR) is 141 cm³/mol. The lowest BCUT2D eigenvalue weighted by Gasteiger charge is -2.14. The van der Waals surface area contributed by atoms with Gasteiger partial charge in [0.25, 0.3) is 6.47 Å². The third kappa shape index (κ3) is 5.53. The van der Waals surface area contributed by atoms with Crippen LogP contribution in [0.2, 0.25) is 0 Å². The molecule has 5 nitrogen and oxygen atoms in total. The predicted octanol–water partition coefficient (Wildman–Crippen LogP) is 7.18. The van der Waals surface area contributed by atoms with E-state index in [1.54, 1.807) is 18.2 Å². The molecular weight excluding hydrogens is 452 g/mol. The minimum absolute atomic E-state index is 0.228. The lowest BCUT2D eigenvalue weighted by molar-refractivity contribution is -0.133. The molecule has 0 saturated heterocycles. The van der Waals surface area contributed by atoms with Gasteiger partial charge in [-0.05, 0) is 70.1 Å². The van der Waals surface area contributed by atoms with Crippen molar-refractivity contribution in [3.05, 3.63) is 115 Å². The van der Waals surface area contributed by atoms with Gasteiger partial charge >= 0.3 is 5.97 Å². The maximum Gasteiger partial charge on any atom is 0.335 e. The lowest BCUT2D eigenvalue weighted by atomic mass is 9.91. The standard InChI is InChI=1S/C31H26O5/c1-3-18-35-28-15-12-25(13-16-28)29-17-14-27(31(33)34)19-30(29)26-10-8-24(9-11-26)23-6-4-22(5-7-23)21(2)36-20-32/h3-17,19-21H,1,18H2,2H3,(H,33,34). The van der Waals surface area contributed by atoms with E-state index in [1.165, 1.54) is 0 Å². The fourth-order valence-corrected chi connectivity index (χ4v) is 4.00. The Morgan fingerprint density at radius 2 is 1.39 bits per heavy atom. The lowest BCUT2D eigenvalue weighted by Crippen LogP contribution is -1.98. The molecule has 0 saturated carbocycles. The van der Waals surface area contributed by atoms with Gasteiger partial charge in [-0.3, -0.25) is 4.79 Å². The van der Waals surface area contributed by atoms with Crippen molar-refractivity contribution in [3.63, 3.8) is 0 Å². The highest BCUT2D eigenvalue weighted by Crippen LogP contribution is 2.35. The van der Waals surface area contributed by atoms with Gasteiger partial charge in [0.1, 0.15) is 18.5 Å². The summed E-state index contributed by atoms with van der Waals surface area (Å²) in [4.78, 5) is 22.3. The van der Waals surface area contributed by atoms with Crippen LogP contribution in [0.1, 0.15) is 28.9 Å². The highest BCUT2D eigenvalue weighted by atomic mass is 16.5. The number of benzene rings is 4. The molecular formula is C31H26O5. The SMILES string of the molecule is C=CCOc1ccc(-c2ccc(C(=O)O)cc2-c2ccc(-c3ccc(C(C)OC=O)cc3)cc2)cc1.